The molecule has 0 radical (unpaired) electrons. The highest BCUT2D eigenvalue weighted by Crippen LogP contribution is 2.28. The zero-order valence-corrected chi connectivity index (χ0v) is 11.7. The molecule has 0 saturated carbocycles. The van der Waals surface area contributed by atoms with Crippen molar-refractivity contribution in [1.29, 1.82) is 0 Å². The average molecular weight is 291 g/mol. The molecule has 0 aromatic heterocycles. The van der Waals surface area contributed by atoms with E-state index < -0.39 is 0 Å². The maximum absolute atomic E-state index is 12.1. The summed E-state index contributed by atoms with van der Waals surface area (Å²) in [5.74, 6) is -0.551. The second-order valence-corrected chi connectivity index (χ2v) is 4.56. The van der Waals surface area contributed by atoms with E-state index in [1.54, 1.807) is 24.3 Å². The van der Waals surface area contributed by atoms with Gasteiger partial charge in [-0.25, -0.2) is 4.79 Å². The van der Waals surface area contributed by atoms with E-state index in [1.807, 2.05) is 0 Å². The van der Waals surface area contributed by atoms with Crippen molar-refractivity contribution in [2.45, 2.75) is 12.8 Å². The molecule has 1 aromatic carbocycles. The zero-order chi connectivity index (χ0) is 15.2. The van der Waals surface area contributed by atoms with Crippen LogP contribution in [0.3, 0.4) is 0 Å². The van der Waals surface area contributed by atoms with E-state index in [4.69, 9.17) is 0 Å². The molecule has 1 aliphatic heterocycles. The lowest BCUT2D eigenvalue weighted by Gasteiger charge is -2.29. The van der Waals surface area contributed by atoms with Crippen LogP contribution in [0, 0.1) is 0 Å². The van der Waals surface area contributed by atoms with E-state index in [1.165, 1.54) is 12.0 Å². The van der Waals surface area contributed by atoms with Crippen molar-refractivity contribution in [3.8, 4) is 0 Å². The first-order valence-corrected chi connectivity index (χ1v) is 6.63. The molecule has 2 rings (SSSR count). The van der Waals surface area contributed by atoms with Crippen molar-refractivity contribution >= 4 is 29.3 Å². The number of fused-ring (bicyclic) bond motifs is 1. The SMILES string of the molecule is COC(=O)CCCNC(=O)N1CC(=O)Nc2ccccc21. The van der Waals surface area contributed by atoms with Crippen LogP contribution in [0.25, 0.3) is 0 Å². The molecule has 3 amide bonds. The number of nitrogens with one attached hydrogen (secondary N) is 2. The molecule has 0 bridgehead atoms. The molecular formula is C14H17N3O4. The topological polar surface area (TPSA) is 87.7 Å². The fourth-order valence-corrected chi connectivity index (χ4v) is 2.04. The monoisotopic (exact) mass is 291 g/mol. The van der Waals surface area contributed by atoms with Crippen LogP contribution in [0.4, 0.5) is 16.2 Å². The first-order chi connectivity index (χ1) is 10.1. The smallest absolute Gasteiger partial charge is 0.322 e. The number of anilines is 2. The van der Waals surface area contributed by atoms with Crippen LogP contribution < -0.4 is 15.5 Å². The number of para-hydroxylation sites is 2. The molecule has 7 heteroatoms. The van der Waals surface area contributed by atoms with Crippen molar-refractivity contribution in [1.82, 2.24) is 5.32 Å². The van der Waals surface area contributed by atoms with Crippen LogP contribution in [0.5, 0.6) is 0 Å². The molecule has 21 heavy (non-hydrogen) atoms. The highest BCUT2D eigenvalue weighted by atomic mass is 16.5. The van der Waals surface area contributed by atoms with Gasteiger partial charge in [0.25, 0.3) is 0 Å². The summed E-state index contributed by atoms with van der Waals surface area (Å²) in [6.07, 6.45) is 0.730. The van der Waals surface area contributed by atoms with Gasteiger partial charge in [0.15, 0.2) is 0 Å². The third-order valence-electron chi connectivity index (χ3n) is 3.08. The Bertz CT molecular complexity index is 559. The van der Waals surface area contributed by atoms with Crippen LogP contribution in [-0.4, -0.2) is 38.1 Å². The number of ether oxygens (including phenoxy) is 1. The summed E-state index contributed by atoms with van der Waals surface area (Å²) in [7, 11) is 1.32. The lowest BCUT2D eigenvalue weighted by Crippen LogP contribution is -2.47. The van der Waals surface area contributed by atoms with Gasteiger partial charge in [0.05, 0.1) is 18.5 Å². The molecule has 0 spiro atoms. The van der Waals surface area contributed by atoms with Gasteiger partial charge in [-0.05, 0) is 18.6 Å². The predicted octanol–water partition coefficient (Wildman–Crippen LogP) is 1.11. The number of hydrogen-bond donors (Lipinski definition) is 2. The lowest BCUT2D eigenvalue weighted by atomic mass is 10.2. The standard InChI is InChI=1S/C14H17N3O4/c1-21-13(19)7-4-8-15-14(20)17-9-12(18)16-10-5-2-3-6-11(10)17/h2-3,5-6H,4,7-9H2,1H3,(H,15,20)(H,16,18). The summed E-state index contributed by atoms with van der Waals surface area (Å²) in [6, 6.07) is 6.74. The summed E-state index contributed by atoms with van der Waals surface area (Å²) in [5, 5.41) is 5.41. The molecule has 1 aromatic rings. The van der Waals surface area contributed by atoms with Crippen molar-refractivity contribution in [2.75, 3.05) is 30.4 Å². The number of nitrogens with zero attached hydrogens (tertiary/aromatic N) is 1. The van der Waals surface area contributed by atoms with Crippen LogP contribution in [0.2, 0.25) is 0 Å². The lowest BCUT2D eigenvalue weighted by molar-refractivity contribution is -0.140. The number of esters is 1. The Morgan fingerprint density at radius 1 is 1.38 bits per heavy atom. The van der Waals surface area contributed by atoms with Crippen molar-refractivity contribution < 1.29 is 19.1 Å². The van der Waals surface area contributed by atoms with E-state index in [2.05, 4.69) is 15.4 Å². The minimum atomic E-state index is -0.359. The quantitative estimate of drug-likeness (QED) is 0.642. The van der Waals surface area contributed by atoms with Gasteiger partial charge < -0.3 is 15.4 Å². The second kappa shape index (κ2) is 6.74. The Hall–Kier alpha value is -2.57. The molecular weight excluding hydrogens is 274 g/mol. The van der Waals surface area contributed by atoms with Gasteiger partial charge in [0.2, 0.25) is 5.91 Å². The molecule has 0 atom stereocenters. The van der Waals surface area contributed by atoms with Crippen LogP contribution in [-0.2, 0) is 14.3 Å². The molecule has 112 valence electrons. The number of rotatable bonds is 4. The second-order valence-electron chi connectivity index (χ2n) is 4.56. The number of methoxy groups -OCH3 is 1. The highest BCUT2D eigenvalue weighted by Gasteiger charge is 2.26. The minimum absolute atomic E-state index is 0.0279. The Labute approximate surface area is 122 Å². The third kappa shape index (κ3) is 3.71. The average Bonchev–Trinajstić information content (AvgIpc) is 2.50. The van der Waals surface area contributed by atoms with Gasteiger partial charge in [-0.3, -0.25) is 14.5 Å². The number of benzene rings is 1. The van der Waals surface area contributed by atoms with Gasteiger partial charge in [-0.15, -0.1) is 0 Å². The van der Waals surface area contributed by atoms with E-state index in [-0.39, 0.29) is 30.9 Å². The maximum atomic E-state index is 12.1. The third-order valence-corrected chi connectivity index (χ3v) is 3.08. The van der Waals surface area contributed by atoms with E-state index in [9.17, 15) is 14.4 Å². The molecule has 0 aliphatic carbocycles. The number of carbonyl (C=O) groups is 3. The number of amides is 3. The summed E-state index contributed by atoms with van der Waals surface area (Å²) in [4.78, 5) is 36.1. The van der Waals surface area contributed by atoms with Crippen LogP contribution >= 0.6 is 0 Å². The fraction of sp³-hybridized carbons (Fsp3) is 0.357. The van der Waals surface area contributed by atoms with Crippen molar-refractivity contribution in [3.63, 3.8) is 0 Å². The Kier molecular flexibility index (Phi) is 4.76. The molecule has 1 aliphatic rings. The van der Waals surface area contributed by atoms with Gasteiger partial charge in [-0.2, -0.15) is 0 Å². The van der Waals surface area contributed by atoms with E-state index in [0.29, 0.717) is 24.3 Å². The molecule has 0 saturated heterocycles. The first-order valence-electron chi connectivity index (χ1n) is 6.63. The number of carbonyl (C=O) groups excluding carboxylic acids is 3. The van der Waals surface area contributed by atoms with Crippen LogP contribution in [0.1, 0.15) is 12.8 Å². The van der Waals surface area contributed by atoms with Gasteiger partial charge >= 0.3 is 12.0 Å². The molecule has 7 nitrogen and oxygen atoms in total. The first kappa shape index (κ1) is 14.8. The molecule has 2 N–H and O–H groups in total. The van der Waals surface area contributed by atoms with Gasteiger partial charge in [0.1, 0.15) is 6.54 Å². The molecule has 1 heterocycles. The normalized spacial score (nSPS) is 13.2. The summed E-state index contributed by atoms with van der Waals surface area (Å²) in [5.41, 5.74) is 1.26. The summed E-state index contributed by atoms with van der Waals surface area (Å²) >= 11 is 0. The maximum Gasteiger partial charge on any atom is 0.322 e. The predicted molar refractivity (Wildman–Crippen MR) is 77.1 cm³/mol. The summed E-state index contributed by atoms with van der Waals surface area (Å²) < 4.78 is 4.52. The molecule has 0 fully saturated rings. The zero-order valence-electron chi connectivity index (χ0n) is 11.7. The van der Waals surface area contributed by atoms with E-state index >= 15 is 0 Å². The fourth-order valence-electron chi connectivity index (χ4n) is 2.04. The summed E-state index contributed by atoms with van der Waals surface area (Å²) in [6.45, 7) is 0.314. The largest absolute Gasteiger partial charge is 0.469 e. The minimum Gasteiger partial charge on any atom is -0.469 e. The van der Waals surface area contributed by atoms with E-state index in [0.717, 1.165) is 0 Å². The highest BCUT2D eigenvalue weighted by molar-refractivity contribution is 6.09. The number of hydrogen-bond acceptors (Lipinski definition) is 4. The van der Waals surface area contributed by atoms with Crippen LogP contribution in [0.15, 0.2) is 24.3 Å². The molecule has 0 unspecified atom stereocenters. The number of urea groups is 1. The Balaban J connectivity index is 1.93. The Morgan fingerprint density at radius 2 is 2.14 bits per heavy atom. The van der Waals surface area contributed by atoms with Gasteiger partial charge in [0, 0.05) is 13.0 Å². The van der Waals surface area contributed by atoms with Crippen molar-refractivity contribution in [2.24, 2.45) is 0 Å². The van der Waals surface area contributed by atoms with Gasteiger partial charge in [-0.1, -0.05) is 12.1 Å². The Morgan fingerprint density at radius 3 is 2.90 bits per heavy atom. The van der Waals surface area contributed by atoms with Crippen molar-refractivity contribution in [3.05, 3.63) is 24.3 Å².